The van der Waals surface area contributed by atoms with Crippen molar-refractivity contribution in [2.45, 2.75) is 0 Å². The van der Waals surface area contributed by atoms with Gasteiger partial charge in [0.15, 0.2) is 0 Å². The van der Waals surface area contributed by atoms with Crippen molar-refractivity contribution in [3.8, 4) is 11.3 Å². The van der Waals surface area contributed by atoms with Crippen LogP contribution in [0.25, 0.3) is 21.5 Å². The van der Waals surface area contributed by atoms with Crippen LogP contribution >= 0.6 is 34.5 Å². The number of amides is 1. The number of anilines is 2. The molecule has 0 aliphatic carbocycles. The highest BCUT2D eigenvalue weighted by Crippen LogP contribution is 2.36. The summed E-state index contributed by atoms with van der Waals surface area (Å²) in [7, 11) is 0. The minimum atomic E-state index is -0.380. The van der Waals surface area contributed by atoms with Gasteiger partial charge in [-0.25, -0.2) is 9.37 Å². The first kappa shape index (κ1) is 18.7. The highest BCUT2D eigenvalue weighted by molar-refractivity contribution is 7.21. The lowest BCUT2D eigenvalue weighted by molar-refractivity contribution is 0.103. The van der Waals surface area contributed by atoms with Crippen LogP contribution in [0.3, 0.4) is 0 Å². The van der Waals surface area contributed by atoms with E-state index >= 15 is 0 Å². The van der Waals surface area contributed by atoms with E-state index in [1.54, 1.807) is 30.3 Å². The third-order valence-electron chi connectivity index (χ3n) is 4.11. The molecule has 0 aliphatic rings. The van der Waals surface area contributed by atoms with Gasteiger partial charge >= 0.3 is 0 Å². The molecule has 4 nitrogen and oxygen atoms in total. The van der Waals surface area contributed by atoms with Gasteiger partial charge in [-0.3, -0.25) is 4.79 Å². The number of thiophene rings is 1. The first-order chi connectivity index (χ1) is 13.4. The number of carbonyl (C=O) groups is 1. The van der Waals surface area contributed by atoms with Crippen molar-refractivity contribution in [3.63, 3.8) is 0 Å². The van der Waals surface area contributed by atoms with E-state index in [9.17, 15) is 9.18 Å². The molecule has 0 aliphatic heterocycles. The molecule has 2 aromatic carbocycles. The molecule has 0 saturated carbocycles. The van der Waals surface area contributed by atoms with Crippen molar-refractivity contribution in [3.05, 3.63) is 75.3 Å². The Morgan fingerprint density at radius 1 is 1.07 bits per heavy atom. The summed E-state index contributed by atoms with van der Waals surface area (Å²) in [6, 6.07) is 14.2. The van der Waals surface area contributed by atoms with Gasteiger partial charge in [-0.2, -0.15) is 0 Å². The number of aromatic nitrogens is 1. The number of benzene rings is 2. The van der Waals surface area contributed by atoms with E-state index in [2.05, 4.69) is 10.3 Å². The molecule has 2 aromatic heterocycles. The number of fused-ring (bicyclic) bond motifs is 1. The standard InChI is InChI=1S/C20H12Cl2FN3OS/c21-10-1-7-15(22)14(9-10)16-8-6-13-17(24)18(28-20(13)26-16)19(27)25-12-4-2-11(23)3-5-12/h1-9H,24H2,(H,25,27). The van der Waals surface area contributed by atoms with Crippen LogP contribution in [0.2, 0.25) is 10.0 Å². The van der Waals surface area contributed by atoms with E-state index in [-0.39, 0.29) is 11.7 Å². The minimum absolute atomic E-state index is 0.334. The zero-order valence-electron chi connectivity index (χ0n) is 14.2. The topological polar surface area (TPSA) is 68.0 Å². The molecular weight excluding hydrogens is 420 g/mol. The Labute approximate surface area is 173 Å². The van der Waals surface area contributed by atoms with Crippen molar-refractivity contribution < 1.29 is 9.18 Å². The van der Waals surface area contributed by atoms with Gasteiger partial charge in [0.05, 0.1) is 16.4 Å². The highest BCUT2D eigenvalue weighted by atomic mass is 35.5. The molecular formula is C20H12Cl2FN3OS. The molecule has 2 heterocycles. The molecule has 0 bridgehead atoms. The largest absolute Gasteiger partial charge is 0.397 e. The molecule has 0 unspecified atom stereocenters. The third-order valence-corrected chi connectivity index (χ3v) is 5.79. The first-order valence-corrected chi connectivity index (χ1v) is 9.71. The van der Waals surface area contributed by atoms with Crippen LogP contribution in [0.5, 0.6) is 0 Å². The summed E-state index contributed by atoms with van der Waals surface area (Å²) >= 11 is 13.5. The van der Waals surface area contributed by atoms with E-state index in [4.69, 9.17) is 28.9 Å². The van der Waals surface area contributed by atoms with E-state index in [1.807, 2.05) is 0 Å². The predicted octanol–water partition coefficient (Wildman–Crippen LogP) is 6.24. The fourth-order valence-electron chi connectivity index (χ4n) is 2.73. The van der Waals surface area contributed by atoms with Crippen LogP contribution < -0.4 is 11.1 Å². The van der Waals surface area contributed by atoms with Gasteiger partial charge < -0.3 is 11.1 Å². The second-order valence-electron chi connectivity index (χ2n) is 5.98. The zero-order chi connectivity index (χ0) is 19.8. The van der Waals surface area contributed by atoms with Gasteiger partial charge in [0.25, 0.3) is 5.91 Å². The van der Waals surface area contributed by atoms with Crippen molar-refractivity contribution >= 4 is 62.0 Å². The monoisotopic (exact) mass is 431 g/mol. The van der Waals surface area contributed by atoms with Crippen LogP contribution in [0.1, 0.15) is 9.67 Å². The van der Waals surface area contributed by atoms with Crippen LogP contribution in [-0.4, -0.2) is 10.9 Å². The Balaban J connectivity index is 1.71. The molecule has 3 N–H and O–H groups in total. The van der Waals surface area contributed by atoms with Crippen LogP contribution in [-0.2, 0) is 0 Å². The molecule has 0 fully saturated rings. The second-order valence-corrected chi connectivity index (χ2v) is 7.82. The maximum absolute atomic E-state index is 13.0. The number of pyridine rings is 1. The van der Waals surface area contributed by atoms with Gasteiger partial charge in [0.1, 0.15) is 15.5 Å². The lowest BCUT2D eigenvalue weighted by Gasteiger charge is -2.04. The SMILES string of the molecule is Nc1c(C(=O)Nc2ccc(F)cc2)sc2nc(-c3cc(Cl)ccc3Cl)ccc12. The first-order valence-electron chi connectivity index (χ1n) is 8.14. The Morgan fingerprint density at radius 2 is 1.82 bits per heavy atom. The third kappa shape index (κ3) is 3.54. The summed E-state index contributed by atoms with van der Waals surface area (Å²) < 4.78 is 13.0. The van der Waals surface area contributed by atoms with Gasteiger partial charge in [-0.05, 0) is 54.6 Å². The number of carbonyl (C=O) groups excluding carboxylic acids is 1. The smallest absolute Gasteiger partial charge is 0.267 e. The lowest BCUT2D eigenvalue weighted by atomic mass is 10.1. The molecule has 0 atom stereocenters. The Morgan fingerprint density at radius 3 is 2.57 bits per heavy atom. The molecule has 4 aromatic rings. The van der Waals surface area contributed by atoms with Gasteiger partial charge in [-0.1, -0.05) is 23.2 Å². The second kappa shape index (κ2) is 7.39. The van der Waals surface area contributed by atoms with Crippen LogP contribution in [0, 0.1) is 5.82 Å². The lowest BCUT2D eigenvalue weighted by Crippen LogP contribution is -2.11. The summed E-state index contributed by atoms with van der Waals surface area (Å²) in [4.78, 5) is 18.1. The fourth-order valence-corrected chi connectivity index (χ4v) is 4.11. The fraction of sp³-hybridized carbons (Fsp3) is 0. The summed E-state index contributed by atoms with van der Waals surface area (Å²) in [6.07, 6.45) is 0. The predicted molar refractivity (Wildman–Crippen MR) is 114 cm³/mol. The molecule has 4 rings (SSSR count). The number of hydrogen-bond acceptors (Lipinski definition) is 4. The molecule has 28 heavy (non-hydrogen) atoms. The highest BCUT2D eigenvalue weighted by Gasteiger charge is 2.18. The van der Waals surface area contributed by atoms with Crippen molar-refractivity contribution in [1.29, 1.82) is 0 Å². The quantitative estimate of drug-likeness (QED) is 0.403. The maximum Gasteiger partial charge on any atom is 0.267 e. The molecule has 1 amide bonds. The minimum Gasteiger partial charge on any atom is -0.397 e. The van der Waals surface area contributed by atoms with E-state index in [1.165, 1.54) is 35.6 Å². The van der Waals surface area contributed by atoms with Gasteiger partial charge in [0, 0.05) is 21.7 Å². The average molecular weight is 432 g/mol. The maximum atomic E-state index is 13.0. The molecule has 0 saturated heterocycles. The van der Waals surface area contributed by atoms with Crippen molar-refractivity contribution in [2.24, 2.45) is 0 Å². The van der Waals surface area contributed by atoms with Crippen LogP contribution in [0.4, 0.5) is 15.8 Å². The van der Waals surface area contributed by atoms with Crippen molar-refractivity contribution in [2.75, 3.05) is 11.1 Å². The zero-order valence-corrected chi connectivity index (χ0v) is 16.5. The number of rotatable bonds is 3. The van der Waals surface area contributed by atoms with Crippen LogP contribution in [0.15, 0.2) is 54.6 Å². The van der Waals surface area contributed by atoms with Gasteiger partial charge in [0.2, 0.25) is 0 Å². The summed E-state index contributed by atoms with van der Waals surface area (Å²) in [5.74, 6) is -0.759. The number of nitrogens with zero attached hydrogens (tertiary/aromatic N) is 1. The molecule has 8 heteroatoms. The average Bonchev–Trinajstić information content (AvgIpc) is 3.02. The number of nitrogen functional groups attached to an aromatic ring is 1. The summed E-state index contributed by atoms with van der Waals surface area (Å²) in [6.45, 7) is 0. The normalized spacial score (nSPS) is 11.0. The Hall–Kier alpha value is -2.67. The molecule has 140 valence electrons. The summed E-state index contributed by atoms with van der Waals surface area (Å²) in [5, 5.41) is 4.46. The molecule has 0 spiro atoms. The van der Waals surface area contributed by atoms with Gasteiger partial charge in [-0.15, -0.1) is 11.3 Å². The Kier molecular flexibility index (Phi) is 4.93. The number of nitrogens with two attached hydrogens (primary N) is 1. The number of nitrogens with one attached hydrogen (secondary N) is 1. The molecule has 0 radical (unpaired) electrons. The summed E-state index contributed by atoms with van der Waals surface area (Å²) in [5.41, 5.74) is 8.31. The Bertz CT molecular complexity index is 1210. The number of halogens is 3. The van der Waals surface area contributed by atoms with E-state index in [0.29, 0.717) is 47.8 Å². The van der Waals surface area contributed by atoms with E-state index in [0.717, 1.165) is 0 Å². The van der Waals surface area contributed by atoms with E-state index < -0.39 is 0 Å². The number of hydrogen-bond donors (Lipinski definition) is 2. The van der Waals surface area contributed by atoms with Crippen molar-refractivity contribution in [1.82, 2.24) is 4.98 Å².